The van der Waals surface area contributed by atoms with Gasteiger partial charge in [-0.1, -0.05) is 6.92 Å². The van der Waals surface area contributed by atoms with E-state index in [0.717, 1.165) is 37.2 Å². The maximum atomic E-state index is 13.5. The van der Waals surface area contributed by atoms with Gasteiger partial charge in [0.25, 0.3) is 0 Å². The largest absolute Gasteiger partial charge is 0.376 e. The molecular weight excluding hydrogens is 255 g/mol. The molecule has 20 heavy (non-hydrogen) atoms. The van der Waals surface area contributed by atoms with Crippen molar-refractivity contribution in [3.8, 4) is 0 Å². The van der Waals surface area contributed by atoms with Gasteiger partial charge in [-0.25, -0.2) is 4.39 Å². The number of rotatable bonds is 6. The van der Waals surface area contributed by atoms with Crippen LogP contribution in [-0.4, -0.2) is 32.3 Å². The summed E-state index contributed by atoms with van der Waals surface area (Å²) in [6.45, 7) is 6.69. The van der Waals surface area contributed by atoms with Crippen LogP contribution in [0.2, 0.25) is 0 Å². The lowest BCUT2D eigenvalue weighted by Crippen LogP contribution is -2.37. The van der Waals surface area contributed by atoms with Crippen molar-refractivity contribution in [1.82, 2.24) is 5.32 Å². The number of likely N-dealkylation sites (N-methyl/N-ethyl adjacent to an activating group) is 1. The molecule has 1 N–H and O–H groups in total. The van der Waals surface area contributed by atoms with E-state index in [4.69, 9.17) is 4.74 Å². The molecule has 1 aliphatic rings. The zero-order chi connectivity index (χ0) is 14.5. The van der Waals surface area contributed by atoms with Gasteiger partial charge < -0.3 is 15.0 Å². The molecular formula is C16H25FN2O. The molecule has 0 radical (unpaired) electrons. The van der Waals surface area contributed by atoms with E-state index in [1.54, 1.807) is 6.07 Å². The minimum Gasteiger partial charge on any atom is -0.376 e. The van der Waals surface area contributed by atoms with E-state index in [2.05, 4.69) is 31.1 Å². The van der Waals surface area contributed by atoms with Crippen LogP contribution in [0, 0.1) is 5.82 Å². The highest BCUT2D eigenvalue weighted by Gasteiger charge is 2.29. The van der Waals surface area contributed by atoms with Crippen molar-refractivity contribution in [3.05, 3.63) is 29.6 Å². The minimum absolute atomic E-state index is 0.175. The third kappa shape index (κ3) is 3.49. The van der Waals surface area contributed by atoms with Gasteiger partial charge in [0.2, 0.25) is 0 Å². The summed E-state index contributed by atoms with van der Waals surface area (Å²) in [6, 6.07) is 5.42. The zero-order valence-corrected chi connectivity index (χ0v) is 12.7. The Morgan fingerprint density at radius 2 is 2.25 bits per heavy atom. The number of benzene rings is 1. The van der Waals surface area contributed by atoms with E-state index in [1.165, 1.54) is 6.07 Å². The molecule has 4 heteroatoms. The summed E-state index contributed by atoms with van der Waals surface area (Å²) in [5.74, 6) is -0.175. The van der Waals surface area contributed by atoms with Gasteiger partial charge >= 0.3 is 0 Å². The molecule has 2 unspecified atom stereocenters. The number of halogens is 1. The summed E-state index contributed by atoms with van der Waals surface area (Å²) in [6.07, 6.45) is 2.33. The van der Waals surface area contributed by atoms with Gasteiger partial charge in [-0.15, -0.1) is 0 Å². The topological polar surface area (TPSA) is 24.5 Å². The van der Waals surface area contributed by atoms with Crippen LogP contribution >= 0.6 is 0 Å². The van der Waals surface area contributed by atoms with Crippen LogP contribution in [0.1, 0.15) is 32.3 Å². The van der Waals surface area contributed by atoms with Crippen molar-refractivity contribution in [1.29, 1.82) is 0 Å². The summed E-state index contributed by atoms with van der Waals surface area (Å²) in [4.78, 5) is 2.24. The van der Waals surface area contributed by atoms with E-state index in [0.29, 0.717) is 12.6 Å². The van der Waals surface area contributed by atoms with Crippen LogP contribution in [0.25, 0.3) is 0 Å². The molecule has 0 saturated carbocycles. The molecule has 112 valence electrons. The predicted molar refractivity (Wildman–Crippen MR) is 80.6 cm³/mol. The Labute approximate surface area is 121 Å². The van der Waals surface area contributed by atoms with Crippen LogP contribution in [0.4, 0.5) is 10.1 Å². The quantitative estimate of drug-likeness (QED) is 0.811. The third-order valence-electron chi connectivity index (χ3n) is 4.00. The summed E-state index contributed by atoms with van der Waals surface area (Å²) in [7, 11) is 2.08. The van der Waals surface area contributed by atoms with Gasteiger partial charge in [0.15, 0.2) is 0 Å². The molecule has 0 amide bonds. The normalized spacial score (nSPS) is 22.2. The molecule has 0 aromatic heterocycles. The lowest BCUT2D eigenvalue weighted by molar-refractivity contribution is 0.118. The van der Waals surface area contributed by atoms with Crippen LogP contribution in [0.15, 0.2) is 18.2 Å². The van der Waals surface area contributed by atoms with E-state index >= 15 is 0 Å². The second-order valence-corrected chi connectivity index (χ2v) is 5.49. The van der Waals surface area contributed by atoms with Crippen molar-refractivity contribution < 1.29 is 9.13 Å². The Morgan fingerprint density at radius 1 is 1.45 bits per heavy atom. The first-order chi connectivity index (χ1) is 9.63. The van der Waals surface area contributed by atoms with Crippen molar-refractivity contribution in [3.63, 3.8) is 0 Å². The molecule has 1 aromatic rings. The van der Waals surface area contributed by atoms with Gasteiger partial charge in [0.1, 0.15) is 5.82 Å². The summed E-state index contributed by atoms with van der Waals surface area (Å²) in [5.41, 5.74) is 2.11. The number of hydrogen-bond acceptors (Lipinski definition) is 3. The molecule has 1 fully saturated rings. The number of anilines is 1. The second-order valence-electron chi connectivity index (χ2n) is 5.49. The van der Waals surface area contributed by atoms with Crippen LogP contribution in [0.5, 0.6) is 0 Å². The van der Waals surface area contributed by atoms with Crippen LogP contribution in [0.3, 0.4) is 0 Å². The van der Waals surface area contributed by atoms with Crippen LogP contribution < -0.4 is 10.2 Å². The minimum atomic E-state index is -0.175. The monoisotopic (exact) mass is 280 g/mol. The van der Waals surface area contributed by atoms with Gasteiger partial charge in [-0.3, -0.25) is 0 Å². The van der Waals surface area contributed by atoms with Crippen molar-refractivity contribution in [2.24, 2.45) is 0 Å². The molecule has 1 aromatic carbocycles. The van der Waals surface area contributed by atoms with Gasteiger partial charge in [0.05, 0.1) is 12.1 Å². The Morgan fingerprint density at radius 3 is 2.90 bits per heavy atom. The highest BCUT2D eigenvalue weighted by molar-refractivity contribution is 5.54. The van der Waals surface area contributed by atoms with Crippen molar-refractivity contribution in [2.75, 3.05) is 25.1 Å². The van der Waals surface area contributed by atoms with Gasteiger partial charge in [-0.2, -0.15) is 0 Å². The average Bonchev–Trinajstić information content (AvgIpc) is 2.85. The first kappa shape index (κ1) is 15.3. The Balaban J connectivity index is 2.16. The van der Waals surface area contributed by atoms with Crippen molar-refractivity contribution >= 4 is 5.69 Å². The third-order valence-corrected chi connectivity index (χ3v) is 4.00. The molecule has 2 atom stereocenters. The molecule has 0 bridgehead atoms. The summed E-state index contributed by atoms with van der Waals surface area (Å²) < 4.78 is 19.1. The van der Waals surface area contributed by atoms with Crippen LogP contribution in [-0.2, 0) is 11.3 Å². The Hall–Kier alpha value is -1.13. The van der Waals surface area contributed by atoms with Crippen molar-refractivity contribution in [2.45, 2.75) is 45.4 Å². The van der Waals surface area contributed by atoms with Gasteiger partial charge in [0, 0.05) is 25.9 Å². The molecule has 0 aliphatic carbocycles. The Kier molecular flexibility index (Phi) is 5.38. The SMILES string of the molecule is CCCNCc1cc(F)ccc1N(C)C1CCOC1C. The van der Waals surface area contributed by atoms with E-state index in [9.17, 15) is 4.39 Å². The second kappa shape index (κ2) is 7.04. The maximum absolute atomic E-state index is 13.5. The molecule has 2 rings (SSSR count). The first-order valence-electron chi connectivity index (χ1n) is 7.47. The standard InChI is InChI=1S/C16H25FN2O/c1-4-8-18-11-13-10-14(17)5-6-16(13)19(3)15-7-9-20-12(15)2/h5-6,10,12,15,18H,4,7-9,11H2,1-3H3. The molecule has 1 heterocycles. The van der Waals surface area contributed by atoms with E-state index in [1.807, 2.05) is 6.07 Å². The number of ether oxygens (including phenoxy) is 1. The lowest BCUT2D eigenvalue weighted by Gasteiger charge is -2.30. The maximum Gasteiger partial charge on any atom is 0.123 e. The van der Waals surface area contributed by atoms with Gasteiger partial charge in [-0.05, 0) is 50.1 Å². The molecule has 0 spiro atoms. The predicted octanol–water partition coefficient (Wildman–Crippen LogP) is 2.94. The fourth-order valence-electron chi connectivity index (χ4n) is 2.85. The number of nitrogens with one attached hydrogen (secondary N) is 1. The molecule has 3 nitrogen and oxygen atoms in total. The first-order valence-corrected chi connectivity index (χ1v) is 7.47. The summed E-state index contributed by atoms with van der Waals surface area (Å²) >= 11 is 0. The fraction of sp³-hybridized carbons (Fsp3) is 0.625. The smallest absolute Gasteiger partial charge is 0.123 e. The zero-order valence-electron chi connectivity index (χ0n) is 12.7. The highest BCUT2D eigenvalue weighted by atomic mass is 19.1. The molecule has 1 saturated heterocycles. The Bertz CT molecular complexity index is 438. The van der Waals surface area contributed by atoms with E-state index in [-0.39, 0.29) is 11.9 Å². The summed E-state index contributed by atoms with van der Waals surface area (Å²) in [5, 5.41) is 3.35. The highest BCUT2D eigenvalue weighted by Crippen LogP contribution is 2.27. The van der Waals surface area contributed by atoms with E-state index < -0.39 is 0 Å². The number of nitrogens with zero attached hydrogens (tertiary/aromatic N) is 1. The fourth-order valence-corrected chi connectivity index (χ4v) is 2.85. The average molecular weight is 280 g/mol. The number of hydrogen-bond donors (Lipinski definition) is 1. The molecule has 1 aliphatic heterocycles. The lowest BCUT2D eigenvalue weighted by atomic mass is 10.1.